The number of carbonyl (C=O) groups is 1. The zero-order chi connectivity index (χ0) is 21.5. The molecule has 0 aromatic heterocycles. The Balaban J connectivity index is 0.00000341. The molecule has 1 fully saturated rings. The van der Waals surface area contributed by atoms with E-state index in [2.05, 4.69) is 6.07 Å². The average Bonchev–Trinajstić information content (AvgIpc) is 2.81. The van der Waals surface area contributed by atoms with Gasteiger partial charge in [0.2, 0.25) is 11.7 Å². The van der Waals surface area contributed by atoms with Crippen LogP contribution in [0.15, 0.2) is 36.4 Å². The molecule has 0 bridgehead atoms. The lowest BCUT2D eigenvalue weighted by Crippen LogP contribution is -3.10. The van der Waals surface area contributed by atoms with Gasteiger partial charge in [0.1, 0.15) is 0 Å². The third-order valence-electron chi connectivity index (χ3n) is 5.56. The number of nitrogens with zero attached hydrogens (tertiary/aromatic N) is 1. The lowest BCUT2D eigenvalue weighted by Gasteiger charge is -2.32. The summed E-state index contributed by atoms with van der Waals surface area (Å²) in [6, 6.07) is 11.9. The SMILES string of the molecule is COc1ccccc1[NH+]1CCN(C(=O)CCc2cc(OC)c(OC)c(OC)c2)CC1.[Cl-]. The molecule has 0 saturated carbocycles. The molecule has 31 heavy (non-hydrogen) atoms. The lowest BCUT2D eigenvalue weighted by molar-refractivity contribution is -0.837. The van der Waals surface area contributed by atoms with Crippen molar-refractivity contribution in [3.8, 4) is 23.0 Å². The molecule has 0 atom stereocenters. The largest absolute Gasteiger partial charge is 1.00 e. The van der Waals surface area contributed by atoms with Crippen molar-refractivity contribution >= 4 is 11.6 Å². The third-order valence-corrected chi connectivity index (χ3v) is 5.56. The van der Waals surface area contributed by atoms with Crippen LogP contribution in [-0.4, -0.2) is 65.4 Å². The fourth-order valence-corrected chi connectivity index (χ4v) is 3.92. The molecule has 0 aliphatic carbocycles. The molecule has 0 radical (unpaired) electrons. The first-order valence-corrected chi connectivity index (χ1v) is 10.2. The standard InChI is InChI=1S/C23H30N2O5.ClH/c1-27-19-8-6-5-7-18(19)24-11-13-25(14-12-24)22(26)10-9-17-15-20(28-2)23(30-4)21(16-17)29-3;/h5-8,15-16H,9-14H2,1-4H3;1H. The number of halogens is 1. The molecule has 3 rings (SSSR count). The molecule has 1 amide bonds. The van der Waals surface area contributed by atoms with Gasteiger partial charge in [0.15, 0.2) is 22.9 Å². The second-order valence-electron chi connectivity index (χ2n) is 7.22. The summed E-state index contributed by atoms with van der Waals surface area (Å²) in [5.41, 5.74) is 2.14. The quantitative estimate of drug-likeness (QED) is 0.542. The summed E-state index contributed by atoms with van der Waals surface area (Å²) >= 11 is 0. The summed E-state index contributed by atoms with van der Waals surface area (Å²) in [7, 11) is 6.46. The van der Waals surface area contributed by atoms with E-state index in [1.807, 2.05) is 35.2 Å². The van der Waals surface area contributed by atoms with Crippen molar-refractivity contribution in [1.29, 1.82) is 0 Å². The Morgan fingerprint density at radius 2 is 1.48 bits per heavy atom. The second-order valence-corrected chi connectivity index (χ2v) is 7.22. The second kappa shape index (κ2) is 11.7. The van der Waals surface area contributed by atoms with E-state index in [0.29, 0.717) is 30.1 Å². The van der Waals surface area contributed by atoms with Gasteiger partial charge in [-0.2, -0.15) is 0 Å². The number of carbonyl (C=O) groups excluding carboxylic acids is 1. The fraction of sp³-hybridized carbons (Fsp3) is 0.435. The summed E-state index contributed by atoms with van der Waals surface area (Å²) in [6.07, 6.45) is 1.07. The van der Waals surface area contributed by atoms with E-state index >= 15 is 0 Å². The minimum Gasteiger partial charge on any atom is -1.00 e. The van der Waals surface area contributed by atoms with Crippen LogP contribution in [0.3, 0.4) is 0 Å². The number of piperazine rings is 1. The Bertz CT molecular complexity index is 844. The Morgan fingerprint density at radius 3 is 2.03 bits per heavy atom. The predicted molar refractivity (Wildman–Crippen MR) is 114 cm³/mol. The minimum absolute atomic E-state index is 0. The Labute approximate surface area is 190 Å². The molecule has 1 heterocycles. The summed E-state index contributed by atoms with van der Waals surface area (Å²) in [6.45, 7) is 3.22. The normalized spacial score (nSPS) is 13.9. The van der Waals surface area contributed by atoms with Crippen molar-refractivity contribution < 1.29 is 41.0 Å². The highest BCUT2D eigenvalue weighted by molar-refractivity contribution is 5.76. The van der Waals surface area contributed by atoms with E-state index in [-0.39, 0.29) is 18.3 Å². The fourth-order valence-electron chi connectivity index (χ4n) is 3.92. The van der Waals surface area contributed by atoms with Gasteiger partial charge in [-0.1, -0.05) is 12.1 Å². The summed E-state index contributed by atoms with van der Waals surface area (Å²) in [4.78, 5) is 16.1. The number of quaternary nitrogens is 1. The number of methoxy groups -OCH3 is 4. The van der Waals surface area contributed by atoms with Gasteiger partial charge in [0.25, 0.3) is 0 Å². The molecular formula is C23H31ClN2O5. The third kappa shape index (κ3) is 5.74. The minimum atomic E-state index is 0. The van der Waals surface area contributed by atoms with Crippen molar-refractivity contribution in [3.05, 3.63) is 42.0 Å². The Morgan fingerprint density at radius 1 is 0.903 bits per heavy atom. The number of hydrogen-bond donors (Lipinski definition) is 1. The van der Waals surface area contributed by atoms with Crippen molar-refractivity contribution in [2.75, 3.05) is 54.6 Å². The molecule has 8 heteroatoms. The molecule has 2 aromatic rings. The van der Waals surface area contributed by atoms with Crippen LogP contribution < -0.4 is 36.3 Å². The zero-order valence-corrected chi connectivity index (χ0v) is 19.3. The first kappa shape index (κ1) is 24.6. The van der Waals surface area contributed by atoms with Crippen LogP contribution in [0.25, 0.3) is 0 Å². The number of rotatable bonds is 8. The van der Waals surface area contributed by atoms with Gasteiger partial charge in [0, 0.05) is 12.5 Å². The zero-order valence-electron chi connectivity index (χ0n) is 18.6. The van der Waals surface area contributed by atoms with Crippen LogP contribution in [0.4, 0.5) is 5.69 Å². The van der Waals surface area contributed by atoms with E-state index in [1.165, 1.54) is 4.90 Å². The van der Waals surface area contributed by atoms with E-state index in [9.17, 15) is 4.79 Å². The van der Waals surface area contributed by atoms with Gasteiger partial charge in [-0.25, -0.2) is 0 Å². The van der Waals surface area contributed by atoms with Gasteiger partial charge in [-0.3, -0.25) is 9.69 Å². The number of ether oxygens (including phenoxy) is 4. The summed E-state index contributed by atoms with van der Waals surface area (Å²) < 4.78 is 21.6. The summed E-state index contributed by atoms with van der Waals surface area (Å²) in [5.74, 6) is 2.84. The Kier molecular flexibility index (Phi) is 9.27. The van der Waals surface area contributed by atoms with E-state index in [0.717, 1.165) is 43.2 Å². The van der Waals surface area contributed by atoms with Gasteiger partial charge in [-0.15, -0.1) is 0 Å². The molecule has 2 aromatic carbocycles. The topological polar surface area (TPSA) is 61.7 Å². The van der Waals surface area contributed by atoms with Crippen molar-refractivity contribution in [2.24, 2.45) is 0 Å². The molecule has 0 unspecified atom stereocenters. The first-order valence-electron chi connectivity index (χ1n) is 10.2. The van der Waals surface area contributed by atoms with E-state index < -0.39 is 0 Å². The maximum absolute atomic E-state index is 12.8. The molecule has 1 N–H and O–H groups in total. The number of aryl methyl sites for hydroxylation is 1. The Hall–Kier alpha value is -2.64. The van der Waals surface area contributed by atoms with Crippen LogP contribution in [0, 0.1) is 0 Å². The lowest BCUT2D eigenvalue weighted by atomic mass is 10.1. The van der Waals surface area contributed by atoms with Crippen molar-refractivity contribution in [2.45, 2.75) is 12.8 Å². The monoisotopic (exact) mass is 450 g/mol. The molecule has 170 valence electrons. The summed E-state index contributed by atoms with van der Waals surface area (Å²) in [5, 5.41) is 0. The van der Waals surface area contributed by atoms with Gasteiger partial charge in [0.05, 0.1) is 54.6 Å². The van der Waals surface area contributed by atoms with Gasteiger partial charge in [-0.05, 0) is 30.2 Å². The molecule has 1 aliphatic heterocycles. The average molecular weight is 451 g/mol. The smallest absolute Gasteiger partial charge is 0.223 e. The van der Waals surface area contributed by atoms with Crippen LogP contribution >= 0.6 is 0 Å². The molecule has 0 spiro atoms. The predicted octanol–water partition coefficient (Wildman–Crippen LogP) is -1.28. The molecule has 7 nitrogen and oxygen atoms in total. The maximum Gasteiger partial charge on any atom is 0.223 e. The number of hydrogen-bond acceptors (Lipinski definition) is 5. The van der Waals surface area contributed by atoms with Crippen LogP contribution in [0.5, 0.6) is 23.0 Å². The molecule has 1 saturated heterocycles. The van der Waals surface area contributed by atoms with Gasteiger partial charge >= 0.3 is 0 Å². The number of benzene rings is 2. The highest BCUT2D eigenvalue weighted by atomic mass is 35.5. The number of para-hydroxylation sites is 2. The van der Waals surface area contributed by atoms with Crippen LogP contribution in [0.2, 0.25) is 0 Å². The highest BCUT2D eigenvalue weighted by Crippen LogP contribution is 2.38. The highest BCUT2D eigenvalue weighted by Gasteiger charge is 2.26. The van der Waals surface area contributed by atoms with Crippen molar-refractivity contribution in [3.63, 3.8) is 0 Å². The molecule has 1 aliphatic rings. The van der Waals surface area contributed by atoms with E-state index in [4.69, 9.17) is 18.9 Å². The first-order chi connectivity index (χ1) is 14.6. The number of amides is 1. The van der Waals surface area contributed by atoms with Crippen molar-refractivity contribution in [1.82, 2.24) is 4.90 Å². The maximum atomic E-state index is 12.8. The van der Waals surface area contributed by atoms with Crippen LogP contribution in [-0.2, 0) is 11.2 Å². The number of nitrogens with one attached hydrogen (secondary N) is 1. The molecular weight excluding hydrogens is 420 g/mol. The van der Waals surface area contributed by atoms with E-state index in [1.54, 1.807) is 28.4 Å². The van der Waals surface area contributed by atoms with Gasteiger partial charge < -0.3 is 36.3 Å². The van der Waals surface area contributed by atoms with Crippen LogP contribution in [0.1, 0.15) is 12.0 Å².